The third-order valence-electron chi connectivity index (χ3n) is 3.20. The van der Waals surface area contributed by atoms with Gasteiger partial charge in [0.25, 0.3) is 0 Å². The first kappa shape index (κ1) is 10.6. The molecule has 1 heterocycles. The predicted octanol–water partition coefficient (Wildman–Crippen LogP) is 1.47. The molecule has 1 fully saturated rings. The number of ether oxygens (including phenoxy) is 1. The van der Waals surface area contributed by atoms with Crippen molar-refractivity contribution < 1.29 is 4.74 Å². The van der Waals surface area contributed by atoms with Crippen LogP contribution in [0.1, 0.15) is 37.3 Å². The van der Waals surface area contributed by atoms with Crippen molar-refractivity contribution in [3.63, 3.8) is 0 Å². The normalized spacial score (nSPS) is 26.8. The molecule has 1 saturated carbocycles. The van der Waals surface area contributed by atoms with E-state index in [4.69, 9.17) is 10.5 Å². The van der Waals surface area contributed by atoms with Crippen molar-refractivity contribution in [3.8, 4) is 0 Å². The molecule has 2 rings (SSSR count). The molecule has 4 nitrogen and oxygen atoms in total. The first-order valence-corrected chi connectivity index (χ1v) is 5.59. The minimum atomic E-state index is 0.397. The Hall–Kier alpha value is -0.870. The summed E-state index contributed by atoms with van der Waals surface area (Å²) in [6.45, 7) is 0.570. The summed E-state index contributed by atoms with van der Waals surface area (Å²) in [6.07, 6.45) is 8.99. The fourth-order valence-corrected chi connectivity index (χ4v) is 2.26. The summed E-state index contributed by atoms with van der Waals surface area (Å²) in [4.78, 5) is 0. The first-order chi connectivity index (χ1) is 7.33. The van der Waals surface area contributed by atoms with Gasteiger partial charge in [-0.15, -0.1) is 0 Å². The molecule has 0 amide bonds. The fraction of sp³-hybridized carbons (Fsp3) is 0.727. The Morgan fingerprint density at radius 3 is 3.13 bits per heavy atom. The summed E-state index contributed by atoms with van der Waals surface area (Å²) in [6, 6.07) is 0.490. The van der Waals surface area contributed by atoms with E-state index in [1.165, 1.54) is 19.3 Å². The summed E-state index contributed by atoms with van der Waals surface area (Å²) in [7, 11) is 1.79. The molecule has 1 aliphatic rings. The van der Waals surface area contributed by atoms with Gasteiger partial charge in [-0.2, -0.15) is 5.10 Å². The molecular weight excluding hydrogens is 190 g/mol. The van der Waals surface area contributed by atoms with Crippen molar-refractivity contribution in [2.24, 2.45) is 5.73 Å². The van der Waals surface area contributed by atoms with E-state index in [2.05, 4.69) is 11.3 Å². The first-order valence-electron chi connectivity index (χ1n) is 5.59. The molecule has 0 aliphatic heterocycles. The van der Waals surface area contributed by atoms with Gasteiger partial charge in [0.1, 0.15) is 0 Å². The Labute approximate surface area is 90.4 Å². The largest absolute Gasteiger partial charge is 0.381 e. The van der Waals surface area contributed by atoms with Gasteiger partial charge in [-0.25, -0.2) is 0 Å². The van der Waals surface area contributed by atoms with Crippen LogP contribution in [0.4, 0.5) is 0 Å². The van der Waals surface area contributed by atoms with Crippen LogP contribution in [0.25, 0.3) is 0 Å². The van der Waals surface area contributed by atoms with E-state index in [-0.39, 0.29) is 0 Å². The molecule has 4 heteroatoms. The molecule has 0 radical (unpaired) electrons. The van der Waals surface area contributed by atoms with Crippen LogP contribution in [0.2, 0.25) is 0 Å². The van der Waals surface area contributed by atoms with Gasteiger partial charge in [-0.3, -0.25) is 4.68 Å². The molecule has 0 saturated heterocycles. The molecule has 1 aromatic rings. The Morgan fingerprint density at radius 1 is 1.60 bits per heavy atom. The smallest absolute Gasteiger partial charge is 0.0591 e. The average Bonchev–Trinajstić information content (AvgIpc) is 2.78. The zero-order valence-electron chi connectivity index (χ0n) is 9.22. The molecule has 1 aromatic heterocycles. The van der Waals surface area contributed by atoms with Gasteiger partial charge in [0, 0.05) is 25.4 Å². The minimum absolute atomic E-state index is 0.397. The Bertz CT molecular complexity index is 311. The van der Waals surface area contributed by atoms with Crippen molar-refractivity contribution >= 4 is 0 Å². The highest BCUT2D eigenvalue weighted by Gasteiger charge is 2.23. The number of nitrogens with two attached hydrogens (primary N) is 1. The molecule has 0 bridgehead atoms. The number of hydrogen-bond donors (Lipinski definition) is 1. The van der Waals surface area contributed by atoms with Crippen molar-refractivity contribution in [3.05, 3.63) is 18.0 Å². The van der Waals surface area contributed by atoms with Crippen LogP contribution in [-0.2, 0) is 11.3 Å². The van der Waals surface area contributed by atoms with Crippen LogP contribution >= 0.6 is 0 Å². The van der Waals surface area contributed by atoms with E-state index in [1.807, 2.05) is 10.9 Å². The Morgan fingerprint density at radius 2 is 2.47 bits per heavy atom. The standard InChI is InChI=1S/C11H19N3O/c1-15-11-4-2-3-10(5-11)14-8-9(6-12)7-13-14/h7-8,10-11H,2-6,12H2,1H3. The molecule has 2 unspecified atom stereocenters. The number of rotatable bonds is 3. The lowest BCUT2D eigenvalue weighted by Gasteiger charge is -2.28. The van der Waals surface area contributed by atoms with Crippen LogP contribution < -0.4 is 5.73 Å². The molecule has 84 valence electrons. The maximum Gasteiger partial charge on any atom is 0.0591 e. The second-order valence-corrected chi connectivity index (χ2v) is 4.21. The van der Waals surface area contributed by atoms with Crippen LogP contribution in [0.15, 0.2) is 12.4 Å². The van der Waals surface area contributed by atoms with Crippen molar-refractivity contribution in [2.45, 2.75) is 44.4 Å². The highest BCUT2D eigenvalue weighted by molar-refractivity contribution is 5.03. The lowest BCUT2D eigenvalue weighted by molar-refractivity contribution is 0.0508. The zero-order valence-corrected chi connectivity index (χ0v) is 9.22. The summed E-state index contributed by atoms with van der Waals surface area (Å²) in [5.41, 5.74) is 6.67. The van der Waals surface area contributed by atoms with E-state index in [0.717, 1.165) is 12.0 Å². The summed E-state index contributed by atoms with van der Waals surface area (Å²) in [5, 5.41) is 4.36. The van der Waals surface area contributed by atoms with Crippen LogP contribution in [-0.4, -0.2) is 23.0 Å². The zero-order chi connectivity index (χ0) is 10.7. The third-order valence-corrected chi connectivity index (χ3v) is 3.20. The molecule has 2 N–H and O–H groups in total. The second-order valence-electron chi connectivity index (χ2n) is 4.21. The second kappa shape index (κ2) is 4.77. The van der Waals surface area contributed by atoms with E-state index in [0.29, 0.717) is 18.7 Å². The summed E-state index contributed by atoms with van der Waals surface area (Å²) < 4.78 is 7.46. The highest BCUT2D eigenvalue weighted by Crippen LogP contribution is 2.29. The SMILES string of the molecule is COC1CCCC(n2cc(CN)cn2)C1. The molecule has 0 aromatic carbocycles. The van der Waals surface area contributed by atoms with E-state index >= 15 is 0 Å². The van der Waals surface area contributed by atoms with Gasteiger partial charge in [-0.05, 0) is 25.7 Å². The van der Waals surface area contributed by atoms with Crippen molar-refractivity contribution in [2.75, 3.05) is 7.11 Å². The van der Waals surface area contributed by atoms with Gasteiger partial charge in [0.15, 0.2) is 0 Å². The van der Waals surface area contributed by atoms with Gasteiger partial charge < -0.3 is 10.5 Å². The molecule has 0 spiro atoms. The average molecular weight is 209 g/mol. The Kier molecular flexibility index (Phi) is 3.38. The van der Waals surface area contributed by atoms with E-state index in [1.54, 1.807) is 7.11 Å². The fourth-order valence-electron chi connectivity index (χ4n) is 2.26. The summed E-state index contributed by atoms with van der Waals surface area (Å²) >= 11 is 0. The van der Waals surface area contributed by atoms with E-state index in [9.17, 15) is 0 Å². The number of methoxy groups -OCH3 is 1. The minimum Gasteiger partial charge on any atom is -0.381 e. The van der Waals surface area contributed by atoms with Crippen molar-refractivity contribution in [1.82, 2.24) is 9.78 Å². The topological polar surface area (TPSA) is 53.1 Å². The lowest BCUT2D eigenvalue weighted by Crippen LogP contribution is -2.24. The maximum absolute atomic E-state index is 5.57. The molecule has 1 aliphatic carbocycles. The number of hydrogen-bond acceptors (Lipinski definition) is 3. The van der Waals surface area contributed by atoms with Gasteiger partial charge in [-0.1, -0.05) is 0 Å². The van der Waals surface area contributed by atoms with Gasteiger partial charge in [0.05, 0.1) is 18.3 Å². The molecular formula is C11H19N3O. The summed E-state index contributed by atoms with van der Waals surface area (Å²) in [5.74, 6) is 0. The predicted molar refractivity (Wildman–Crippen MR) is 58.4 cm³/mol. The van der Waals surface area contributed by atoms with Crippen LogP contribution in [0.5, 0.6) is 0 Å². The van der Waals surface area contributed by atoms with Crippen molar-refractivity contribution in [1.29, 1.82) is 0 Å². The molecule has 2 atom stereocenters. The monoisotopic (exact) mass is 209 g/mol. The quantitative estimate of drug-likeness (QED) is 0.820. The maximum atomic E-state index is 5.57. The van der Waals surface area contributed by atoms with E-state index < -0.39 is 0 Å². The van der Waals surface area contributed by atoms with Crippen LogP contribution in [0.3, 0.4) is 0 Å². The third kappa shape index (κ3) is 2.38. The Balaban J connectivity index is 2.03. The number of nitrogens with zero attached hydrogens (tertiary/aromatic N) is 2. The van der Waals surface area contributed by atoms with Gasteiger partial charge in [0.2, 0.25) is 0 Å². The van der Waals surface area contributed by atoms with Crippen LogP contribution in [0, 0.1) is 0 Å². The number of aromatic nitrogens is 2. The highest BCUT2D eigenvalue weighted by atomic mass is 16.5. The lowest BCUT2D eigenvalue weighted by atomic mass is 9.93. The molecule has 15 heavy (non-hydrogen) atoms. The van der Waals surface area contributed by atoms with Gasteiger partial charge >= 0.3 is 0 Å².